The van der Waals surface area contributed by atoms with Gasteiger partial charge in [0.15, 0.2) is 0 Å². The first-order valence-corrected chi connectivity index (χ1v) is 3.97. The van der Waals surface area contributed by atoms with Gasteiger partial charge in [0.2, 0.25) is 0 Å². The molecule has 0 aliphatic carbocycles. The molecule has 3 heteroatoms. The summed E-state index contributed by atoms with van der Waals surface area (Å²) in [4.78, 5) is 3.58. The maximum atomic E-state index is 5.04. The minimum atomic E-state index is 0.630. The van der Waals surface area contributed by atoms with Crippen molar-refractivity contribution in [2.45, 2.75) is 20.8 Å². The molecule has 12 heavy (non-hydrogen) atoms. The number of rotatable bonds is 2. The van der Waals surface area contributed by atoms with Crippen LogP contribution in [0.1, 0.15) is 20.8 Å². The molecule has 0 spiro atoms. The molecule has 0 atom stereocenters. The Bertz CT molecular complexity index is 96.7. The molecule has 0 radical (unpaired) electrons. The summed E-state index contributed by atoms with van der Waals surface area (Å²) >= 11 is 0. The van der Waals surface area contributed by atoms with Crippen molar-refractivity contribution < 1.29 is 4.74 Å². The molecule has 0 saturated carbocycles. The average Bonchev–Trinajstić information content (AvgIpc) is 2.10. The second-order valence-electron chi connectivity index (χ2n) is 1.61. The number of hydrogen-bond acceptors (Lipinski definition) is 2. The molecule has 0 amide bonds. The van der Waals surface area contributed by atoms with Crippen molar-refractivity contribution >= 4 is 5.84 Å². The fourth-order valence-electron chi connectivity index (χ4n) is 0.118. The second kappa shape index (κ2) is 22.5. The summed E-state index contributed by atoms with van der Waals surface area (Å²) in [5, 5.41) is 0. The van der Waals surface area contributed by atoms with Crippen LogP contribution in [0.25, 0.3) is 0 Å². The zero-order chi connectivity index (χ0) is 10.4. The number of aliphatic imine (C=N–C) groups is 1. The first-order valence-electron chi connectivity index (χ1n) is 3.97. The lowest BCUT2D eigenvalue weighted by Crippen LogP contribution is -2.03. The molecule has 0 aromatic carbocycles. The molecular weight excluding hydrogens is 152 g/mol. The second-order valence-corrected chi connectivity index (χ2v) is 1.61. The van der Waals surface area contributed by atoms with Gasteiger partial charge >= 0.3 is 0 Å². The van der Waals surface area contributed by atoms with E-state index >= 15 is 0 Å². The summed E-state index contributed by atoms with van der Waals surface area (Å²) in [5.74, 6) is 0.630. The zero-order valence-electron chi connectivity index (χ0n) is 8.92. The van der Waals surface area contributed by atoms with E-state index < -0.39 is 0 Å². The van der Waals surface area contributed by atoms with Crippen molar-refractivity contribution in [3.05, 3.63) is 12.7 Å². The number of ether oxygens (including phenoxy) is 1. The van der Waals surface area contributed by atoms with Crippen molar-refractivity contribution in [3.63, 3.8) is 0 Å². The van der Waals surface area contributed by atoms with Crippen LogP contribution in [0.5, 0.6) is 0 Å². The molecule has 74 valence electrons. The van der Waals surface area contributed by atoms with Gasteiger partial charge in [-0.15, -0.1) is 6.58 Å². The van der Waals surface area contributed by atoms with Crippen LogP contribution in [-0.4, -0.2) is 26.6 Å². The van der Waals surface area contributed by atoms with Gasteiger partial charge in [-0.3, -0.25) is 4.99 Å². The molecular formula is C9H22N2O. The lowest BCUT2D eigenvalue weighted by molar-refractivity contribution is 0.234. The average molecular weight is 174 g/mol. The summed E-state index contributed by atoms with van der Waals surface area (Å²) in [5.41, 5.74) is 5.04. The van der Waals surface area contributed by atoms with Gasteiger partial charge in [0.05, 0.1) is 12.4 Å². The van der Waals surface area contributed by atoms with Crippen molar-refractivity contribution in [1.82, 2.24) is 0 Å². The normalized spacial score (nSPS) is 8.58. The van der Waals surface area contributed by atoms with E-state index in [2.05, 4.69) is 16.3 Å². The predicted molar refractivity (Wildman–Crippen MR) is 56.6 cm³/mol. The number of nitrogens with two attached hydrogens (primary N) is 1. The fraction of sp³-hybridized carbons (Fsp3) is 0.667. The zero-order valence-corrected chi connectivity index (χ0v) is 8.92. The standard InChI is InChI=1S/C4H8O.C3H8N2.C2H6/c1-3-4-5-2;1-3(4)5-2;1-2/h3H,1,4H2,2H3;1-2H3,(H2,4,5);1-2H3. The van der Waals surface area contributed by atoms with Gasteiger partial charge < -0.3 is 10.5 Å². The lowest BCUT2D eigenvalue weighted by atomic mass is 10.7. The van der Waals surface area contributed by atoms with E-state index in [4.69, 9.17) is 5.73 Å². The smallest absolute Gasteiger partial charge is 0.0902 e. The maximum absolute atomic E-state index is 5.04. The highest BCUT2D eigenvalue weighted by atomic mass is 16.5. The first kappa shape index (κ1) is 17.3. The highest BCUT2D eigenvalue weighted by molar-refractivity contribution is 5.77. The summed E-state index contributed by atoms with van der Waals surface area (Å²) < 4.78 is 4.57. The molecule has 0 unspecified atom stereocenters. The highest BCUT2D eigenvalue weighted by Crippen LogP contribution is 1.60. The summed E-state index contributed by atoms with van der Waals surface area (Å²) in [6.45, 7) is 9.83. The van der Waals surface area contributed by atoms with Crippen LogP contribution in [-0.2, 0) is 4.74 Å². The Morgan fingerprint density at radius 3 is 1.92 bits per heavy atom. The Kier molecular flexibility index (Phi) is 32.4. The molecule has 0 heterocycles. The Hall–Kier alpha value is -0.830. The molecule has 0 aliphatic rings. The van der Waals surface area contributed by atoms with Gasteiger partial charge in [-0.25, -0.2) is 0 Å². The molecule has 0 aromatic rings. The van der Waals surface area contributed by atoms with Crippen molar-refractivity contribution in [3.8, 4) is 0 Å². The number of nitrogens with zero attached hydrogens (tertiary/aromatic N) is 1. The van der Waals surface area contributed by atoms with Crippen molar-refractivity contribution in [2.75, 3.05) is 20.8 Å². The highest BCUT2D eigenvalue weighted by Gasteiger charge is 1.61. The third-order valence-electron chi connectivity index (χ3n) is 0.637. The van der Waals surface area contributed by atoms with Crippen LogP contribution < -0.4 is 5.73 Å². The largest absolute Gasteiger partial charge is 0.388 e. The minimum absolute atomic E-state index is 0.630. The molecule has 3 nitrogen and oxygen atoms in total. The number of amidine groups is 1. The van der Waals surface area contributed by atoms with Gasteiger partial charge in [-0.1, -0.05) is 19.9 Å². The molecule has 0 bridgehead atoms. The van der Waals surface area contributed by atoms with E-state index in [1.165, 1.54) is 0 Å². The molecule has 0 fully saturated rings. The maximum Gasteiger partial charge on any atom is 0.0902 e. The molecule has 0 saturated heterocycles. The molecule has 0 rings (SSSR count). The Labute approximate surface area is 76.3 Å². The van der Waals surface area contributed by atoms with Crippen LogP contribution >= 0.6 is 0 Å². The summed E-state index contributed by atoms with van der Waals surface area (Å²) in [6, 6.07) is 0. The minimum Gasteiger partial charge on any atom is -0.388 e. The number of methoxy groups -OCH3 is 1. The van der Waals surface area contributed by atoms with E-state index in [9.17, 15) is 0 Å². The van der Waals surface area contributed by atoms with Crippen LogP contribution in [0, 0.1) is 0 Å². The lowest BCUT2D eigenvalue weighted by Gasteiger charge is -1.79. The van der Waals surface area contributed by atoms with Crippen LogP contribution in [0.2, 0.25) is 0 Å². The number of hydrogen-bond donors (Lipinski definition) is 1. The summed E-state index contributed by atoms with van der Waals surface area (Å²) in [6.07, 6.45) is 1.71. The monoisotopic (exact) mass is 174 g/mol. The fourth-order valence-corrected chi connectivity index (χ4v) is 0.118. The van der Waals surface area contributed by atoms with E-state index in [1.807, 2.05) is 13.8 Å². The van der Waals surface area contributed by atoms with E-state index in [0.29, 0.717) is 12.4 Å². The van der Waals surface area contributed by atoms with Crippen LogP contribution in [0.15, 0.2) is 17.6 Å². The summed E-state index contributed by atoms with van der Waals surface area (Å²) in [7, 11) is 3.30. The molecule has 0 aromatic heterocycles. The predicted octanol–water partition coefficient (Wildman–Crippen LogP) is 1.84. The Morgan fingerprint density at radius 1 is 1.58 bits per heavy atom. The first-order chi connectivity index (χ1) is 5.68. The quantitative estimate of drug-likeness (QED) is 0.394. The topological polar surface area (TPSA) is 47.6 Å². The van der Waals surface area contributed by atoms with E-state index in [1.54, 1.807) is 27.2 Å². The van der Waals surface area contributed by atoms with Crippen LogP contribution in [0.3, 0.4) is 0 Å². The van der Waals surface area contributed by atoms with E-state index in [0.717, 1.165) is 0 Å². The van der Waals surface area contributed by atoms with E-state index in [-0.39, 0.29) is 0 Å². The van der Waals surface area contributed by atoms with Crippen molar-refractivity contribution in [2.24, 2.45) is 10.7 Å². The Morgan fingerprint density at radius 2 is 1.92 bits per heavy atom. The molecule has 2 N–H and O–H groups in total. The van der Waals surface area contributed by atoms with Crippen LogP contribution in [0.4, 0.5) is 0 Å². The third kappa shape index (κ3) is 60.9. The van der Waals surface area contributed by atoms with Gasteiger partial charge in [0.1, 0.15) is 0 Å². The molecule has 0 aliphatic heterocycles. The SMILES string of the molecule is C=CCOC.CC.CN=C(C)N. The third-order valence-corrected chi connectivity index (χ3v) is 0.637. The van der Waals surface area contributed by atoms with Gasteiger partial charge in [0.25, 0.3) is 0 Å². The van der Waals surface area contributed by atoms with Gasteiger partial charge in [-0.05, 0) is 6.92 Å². The Balaban J connectivity index is -0.000000112. The van der Waals surface area contributed by atoms with Gasteiger partial charge in [0, 0.05) is 14.2 Å². The van der Waals surface area contributed by atoms with Gasteiger partial charge in [-0.2, -0.15) is 0 Å². The van der Waals surface area contributed by atoms with Crippen molar-refractivity contribution in [1.29, 1.82) is 0 Å².